The van der Waals surface area contributed by atoms with Crippen molar-refractivity contribution in [2.45, 2.75) is 84.4 Å². The van der Waals surface area contributed by atoms with Crippen molar-refractivity contribution >= 4 is 33.6 Å². The number of nitrogens with one attached hydrogen (secondary N) is 1. The summed E-state index contributed by atoms with van der Waals surface area (Å²) in [5.41, 5.74) is 3.57. The molecule has 1 aromatic rings. The lowest BCUT2D eigenvalue weighted by Crippen LogP contribution is -2.71. The Morgan fingerprint density at radius 1 is 1.34 bits per heavy atom. The lowest BCUT2D eigenvalue weighted by molar-refractivity contribution is -0.154. The van der Waals surface area contributed by atoms with E-state index in [0.717, 1.165) is 49.7 Å². The molecule has 38 heavy (non-hydrogen) atoms. The summed E-state index contributed by atoms with van der Waals surface area (Å²) >= 11 is 5.38. The number of allylic oxidation sites excluding steroid dienone is 3. The first kappa shape index (κ1) is 30.1. The Morgan fingerprint density at radius 3 is 2.61 bits per heavy atom. The summed E-state index contributed by atoms with van der Waals surface area (Å²) in [6.07, 6.45) is 5.09. The van der Waals surface area contributed by atoms with Gasteiger partial charge in [-0.15, -0.1) is 0 Å². The minimum atomic E-state index is -4.89. The van der Waals surface area contributed by atoms with Gasteiger partial charge in [0.15, 0.2) is 0 Å². The van der Waals surface area contributed by atoms with Gasteiger partial charge in [-0.2, -0.15) is 12.7 Å². The Morgan fingerprint density at radius 2 is 2.03 bits per heavy atom. The number of unbranched alkanes of at least 4 members (excludes halogenated alkanes) is 2. The topological polar surface area (TPSA) is 136 Å². The summed E-state index contributed by atoms with van der Waals surface area (Å²) in [4.78, 5) is 12.3. The average Bonchev–Trinajstić information content (AvgIpc) is 2.77. The van der Waals surface area contributed by atoms with Gasteiger partial charge in [0.1, 0.15) is 23.6 Å². The van der Waals surface area contributed by atoms with E-state index in [1.807, 2.05) is 19.9 Å². The van der Waals surface area contributed by atoms with Crippen molar-refractivity contribution in [1.82, 2.24) is 9.62 Å². The van der Waals surface area contributed by atoms with Crippen molar-refractivity contribution in [2.24, 2.45) is 11.8 Å². The van der Waals surface area contributed by atoms with Crippen molar-refractivity contribution in [1.29, 1.82) is 0 Å². The van der Waals surface area contributed by atoms with E-state index >= 15 is 0 Å². The zero-order chi connectivity index (χ0) is 28.4. The zero-order valence-corrected chi connectivity index (χ0v) is 23.9. The van der Waals surface area contributed by atoms with Crippen LogP contribution in [-0.4, -0.2) is 50.8 Å². The number of amides is 1. The third kappa shape index (κ3) is 6.56. The van der Waals surface area contributed by atoms with E-state index in [1.165, 1.54) is 12.5 Å². The van der Waals surface area contributed by atoms with Crippen LogP contribution in [0.1, 0.15) is 76.8 Å². The van der Waals surface area contributed by atoms with Gasteiger partial charge in [0.2, 0.25) is 5.91 Å². The smallest absolute Gasteiger partial charge is 0.364 e. The fraction of sp³-hybridized carbons (Fsp3) is 0.556. The van der Waals surface area contributed by atoms with Crippen LogP contribution in [0.25, 0.3) is 0 Å². The molecule has 1 aliphatic carbocycles. The zero-order valence-electron chi connectivity index (χ0n) is 22.3. The lowest BCUT2D eigenvalue weighted by Gasteiger charge is -2.45. The van der Waals surface area contributed by atoms with Gasteiger partial charge in [0.25, 0.3) is 5.17 Å². The Labute approximate surface area is 230 Å². The molecule has 2 aliphatic rings. The van der Waals surface area contributed by atoms with E-state index in [0.29, 0.717) is 11.3 Å². The van der Waals surface area contributed by atoms with Crippen molar-refractivity contribution < 1.29 is 32.7 Å². The third-order valence-electron chi connectivity index (χ3n) is 7.29. The normalized spacial score (nSPS) is 24.3. The number of carbonyl (C=O) groups is 1. The molecule has 0 bridgehead atoms. The van der Waals surface area contributed by atoms with E-state index in [1.54, 1.807) is 6.07 Å². The van der Waals surface area contributed by atoms with Crippen LogP contribution in [0.3, 0.4) is 0 Å². The van der Waals surface area contributed by atoms with Gasteiger partial charge in [-0.05, 0) is 82.3 Å². The van der Waals surface area contributed by atoms with E-state index in [2.05, 4.69) is 24.9 Å². The molecule has 11 heteroatoms. The first-order chi connectivity index (χ1) is 17.8. The molecule has 0 aromatic heterocycles. The number of phenolic OH excluding ortho intramolecular Hbond substituents is 1. The summed E-state index contributed by atoms with van der Waals surface area (Å²) in [6.45, 7) is 11.6. The van der Waals surface area contributed by atoms with Crippen LogP contribution >= 0.6 is 12.2 Å². The predicted octanol–water partition coefficient (Wildman–Crippen LogP) is 4.36. The number of aliphatic hydroxyl groups is 1. The molecule has 1 amide bonds. The minimum absolute atomic E-state index is 0.0679. The second-order valence-electron chi connectivity index (χ2n) is 10.4. The SMILES string of the molecule is C=C(C)[C@@H]1CCC(C)=C[C@H]1c1c(O)cc(CCCCC)cc1OC(=S)N[C@@H]1[C@@H]([C@@H](C)O)C(=O)N1S(=O)(=O)O. The fourth-order valence-corrected chi connectivity index (χ4v) is 6.36. The number of aromatic hydroxyl groups is 1. The standard InChI is InChI=1S/C27H38N2O7S2/c1-6-7-8-9-18-13-21(31)24(20-12-16(4)10-11-19(20)15(2)3)22(14-18)36-27(37)28-25-23(17(5)30)26(32)29(25)38(33,34)35/h12-14,17,19-20,23,25,30-31H,2,6-11H2,1,3-5H3,(H,28,37)(H,33,34,35)/t17-,19+,20-,23-,25+/m1/s1. The minimum Gasteiger partial charge on any atom is -0.507 e. The number of hydrogen-bond acceptors (Lipinski definition) is 7. The molecule has 1 fully saturated rings. The number of phenols is 1. The highest BCUT2D eigenvalue weighted by Crippen LogP contribution is 2.47. The Kier molecular flexibility index (Phi) is 9.62. The van der Waals surface area contributed by atoms with Crippen LogP contribution in [0.2, 0.25) is 0 Å². The number of aryl methyl sites for hydroxylation is 1. The predicted molar refractivity (Wildman–Crippen MR) is 149 cm³/mol. The molecule has 210 valence electrons. The lowest BCUT2D eigenvalue weighted by atomic mass is 9.73. The second-order valence-corrected chi connectivity index (χ2v) is 12.0. The van der Waals surface area contributed by atoms with Crippen LogP contribution in [0.4, 0.5) is 0 Å². The van der Waals surface area contributed by atoms with Crippen molar-refractivity contribution in [3.05, 3.63) is 47.1 Å². The molecule has 0 saturated carbocycles. The Hall–Kier alpha value is -2.47. The highest BCUT2D eigenvalue weighted by Gasteiger charge is 2.55. The second kappa shape index (κ2) is 12.1. The Balaban J connectivity index is 1.98. The van der Waals surface area contributed by atoms with Crippen molar-refractivity contribution in [2.75, 3.05) is 0 Å². The maximum Gasteiger partial charge on any atom is 0.364 e. The van der Waals surface area contributed by atoms with Crippen LogP contribution in [0.15, 0.2) is 35.9 Å². The summed E-state index contributed by atoms with van der Waals surface area (Å²) in [7, 11) is -4.89. The number of rotatable bonds is 10. The van der Waals surface area contributed by atoms with Crippen molar-refractivity contribution in [3.63, 3.8) is 0 Å². The molecule has 1 heterocycles. The number of aliphatic hydroxyl groups excluding tert-OH is 1. The fourth-order valence-electron chi connectivity index (χ4n) is 5.33. The number of carbonyl (C=O) groups excluding carboxylic acids is 1. The average molecular weight is 567 g/mol. The van der Waals surface area contributed by atoms with Crippen LogP contribution in [-0.2, 0) is 21.5 Å². The van der Waals surface area contributed by atoms with Crippen molar-refractivity contribution in [3.8, 4) is 11.5 Å². The first-order valence-corrected chi connectivity index (χ1v) is 14.7. The Bertz CT molecular complexity index is 1230. The number of thiocarbonyl (C=S) groups is 1. The number of hydrogen-bond donors (Lipinski definition) is 4. The first-order valence-electron chi connectivity index (χ1n) is 12.9. The highest BCUT2D eigenvalue weighted by molar-refractivity contribution is 7.84. The van der Waals surface area contributed by atoms with Gasteiger partial charge < -0.3 is 20.3 Å². The molecule has 0 unspecified atom stereocenters. The largest absolute Gasteiger partial charge is 0.507 e. The van der Waals surface area contributed by atoms with Gasteiger partial charge in [-0.3, -0.25) is 9.35 Å². The molecule has 1 saturated heterocycles. The summed E-state index contributed by atoms with van der Waals surface area (Å²) in [5, 5.41) is 23.6. The molecule has 4 N–H and O–H groups in total. The monoisotopic (exact) mass is 566 g/mol. The maximum absolute atomic E-state index is 12.3. The molecule has 0 radical (unpaired) electrons. The number of nitrogens with zero attached hydrogens (tertiary/aromatic N) is 1. The number of ether oxygens (including phenoxy) is 1. The molecule has 1 aromatic carbocycles. The van der Waals surface area contributed by atoms with E-state index in [9.17, 15) is 28.0 Å². The van der Waals surface area contributed by atoms with Gasteiger partial charge >= 0.3 is 10.3 Å². The maximum atomic E-state index is 12.3. The number of β-lactam (4-membered cyclic amide) rings is 1. The summed E-state index contributed by atoms with van der Waals surface area (Å²) in [6, 6.07) is 3.57. The van der Waals surface area contributed by atoms with E-state index < -0.39 is 34.4 Å². The molecule has 1 aliphatic heterocycles. The van der Waals surface area contributed by atoms with Gasteiger partial charge in [0.05, 0.1) is 6.10 Å². The molecule has 0 spiro atoms. The van der Waals surface area contributed by atoms with E-state index in [4.69, 9.17) is 17.0 Å². The molecule has 5 atom stereocenters. The molecular formula is C27H38N2O7S2. The molecule has 9 nitrogen and oxygen atoms in total. The van der Waals surface area contributed by atoms with E-state index in [-0.39, 0.29) is 27.1 Å². The third-order valence-corrected chi connectivity index (χ3v) is 8.40. The van der Waals surface area contributed by atoms with Crippen LogP contribution < -0.4 is 10.1 Å². The van der Waals surface area contributed by atoms with Gasteiger partial charge in [-0.25, -0.2) is 0 Å². The highest BCUT2D eigenvalue weighted by atomic mass is 32.2. The molecule has 3 rings (SSSR count). The van der Waals surface area contributed by atoms with Crippen LogP contribution in [0, 0.1) is 11.8 Å². The molecular weight excluding hydrogens is 528 g/mol. The van der Waals surface area contributed by atoms with Crippen LogP contribution in [0.5, 0.6) is 11.5 Å². The van der Waals surface area contributed by atoms with Gasteiger partial charge in [-0.1, -0.05) is 43.6 Å². The summed E-state index contributed by atoms with van der Waals surface area (Å²) < 4.78 is 39.3. The number of benzene rings is 1. The summed E-state index contributed by atoms with van der Waals surface area (Å²) in [5.74, 6) is -1.87. The quantitative estimate of drug-likeness (QED) is 0.107. The van der Waals surface area contributed by atoms with Gasteiger partial charge in [0, 0.05) is 11.5 Å².